The molecule has 0 aliphatic heterocycles. The second kappa shape index (κ2) is 6.25. The van der Waals surface area contributed by atoms with E-state index in [1.807, 2.05) is 31.9 Å². The minimum Gasteiger partial charge on any atom is -0.469 e. The molecule has 2 heterocycles. The number of aromatic nitrogens is 1. The van der Waals surface area contributed by atoms with Crippen molar-refractivity contribution in [3.63, 3.8) is 0 Å². The summed E-state index contributed by atoms with van der Waals surface area (Å²) < 4.78 is 5.26. The lowest BCUT2D eigenvalue weighted by Gasteiger charge is -2.18. The molecule has 0 atom stereocenters. The van der Waals surface area contributed by atoms with E-state index in [4.69, 9.17) is 4.42 Å². The monoisotopic (exact) mass is 290 g/mol. The number of furan rings is 1. The summed E-state index contributed by atoms with van der Waals surface area (Å²) in [5.74, 6) is 1.87. The van der Waals surface area contributed by atoms with E-state index in [0.29, 0.717) is 24.7 Å². The van der Waals surface area contributed by atoms with Crippen molar-refractivity contribution in [2.75, 3.05) is 23.8 Å². The van der Waals surface area contributed by atoms with Crippen LogP contribution in [0.3, 0.4) is 0 Å². The van der Waals surface area contributed by atoms with E-state index < -0.39 is 4.92 Å². The fourth-order valence-electron chi connectivity index (χ4n) is 1.99. The van der Waals surface area contributed by atoms with Gasteiger partial charge in [0, 0.05) is 25.7 Å². The molecule has 1 N–H and O–H groups in total. The van der Waals surface area contributed by atoms with Gasteiger partial charge in [0.15, 0.2) is 0 Å². The van der Waals surface area contributed by atoms with Gasteiger partial charge in [-0.25, -0.2) is 4.98 Å². The molecule has 0 amide bonds. The Morgan fingerprint density at radius 3 is 2.81 bits per heavy atom. The number of aryl methyl sites for hydroxylation is 1. The average Bonchev–Trinajstić information content (AvgIpc) is 2.84. The van der Waals surface area contributed by atoms with Gasteiger partial charge in [-0.2, -0.15) is 0 Å². The van der Waals surface area contributed by atoms with E-state index >= 15 is 0 Å². The van der Waals surface area contributed by atoms with Crippen LogP contribution >= 0.6 is 0 Å². The van der Waals surface area contributed by atoms with Crippen molar-refractivity contribution in [2.24, 2.45) is 0 Å². The number of nitrogens with zero attached hydrogens (tertiary/aromatic N) is 3. The van der Waals surface area contributed by atoms with Gasteiger partial charge in [0.2, 0.25) is 0 Å². The van der Waals surface area contributed by atoms with Crippen molar-refractivity contribution in [1.29, 1.82) is 0 Å². The molecule has 7 nitrogen and oxygen atoms in total. The molecule has 2 rings (SSSR count). The van der Waals surface area contributed by atoms with Crippen molar-refractivity contribution >= 4 is 17.3 Å². The van der Waals surface area contributed by atoms with E-state index in [9.17, 15) is 10.1 Å². The third-order valence-electron chi connectivity index (χ3n) is 3.13. The van der Waals surface area contributed by atoms with Gasteiger partial charge in [-0.15, -0.1) is 0 Å². The van der Waals surface area contributed by atoms with E-state index in [1.165, 1.54) is 12.1 Å². The first-order chi connectivity index (χ1) is 10.0. The molecule has 0 saturated heterocycles. The molecule has 112 valence electrons. The van der Waals surface area contributed by atoms with E-state index in [0.717, 1.165) is 11.3 Å². The van der Waals surface area contributed by atoms with Gasteiger partial charge in [0.05, 0.1) is 23.3 Å². The molecule has 0 bridgehead atoms. The standard InChI is InChI=1S/C14H18N4O3/c1-4-15-13-7-12(18(19)20)8-14(16-13)17(3)9-11-5-6-21-10(11)2/h5-8H,4,9H2,1-3H3,(H,15,16). The van der Waals surface area contributed by atoms with Gasteiger partial charge in [0.25, 0.3) is 5.69 Å². The molecule has 0 unspecified atom stereocenters. The van der Waals surface area contributed by atoms with Gasteiger partial charge in [0.1, 0.15) is 17.4 Å². The summed E-state index contributed by atoms with van der Waals surface area (Å²) in [7, 11) is 1.84. The Balaban J connectivity index is 2.28. The zero-order valence-electron chi connectivity index (χ0n) is 12.3. The molecule has 0 radical (unpaired) electrons. The van der Waals surface area contributed by atoms with Crippen LogP contribution in [0.4, 0.5) is 17.3 Å². The highest BCUT2D eigenvalue weighted by molar-refractivity contribution is 5.55. The number of hydrogen-bond acceptors (Lipinski definition) is 6. The number of anilines is 2. The Kier molecular flexibility index (Phi) is 4.42. The summed E-state index contributed by atoms with van der Waals surface area (Å²) in [4.78, 5) is 16.9. The fraction of sp³-hybridized carbons (Fsp3) is 0.357. The maximum absolute atomic E-state index is 11.0. The number of hydrogen-bond donors (Lipinski definition) is 1. The molecule has 0 fully saturated rings. The van der Waals surface area contributed by atoms with Gasteiger partial charge < -0.3 is 14.6 Å². The Hall–Kier alpha value is -2.57. The largest absolute Gasteiger partial charge is 0.469 e. The minimum atomic E-state index is -0.414. The Bertz CT molecular complexity index is 639. The van der Waals surface area contributed by atoms with Gasteiger partial charge in [-0.05, 0) is 19.9 Å². The molecule has 7 heteroatoms. The van der Waals surface area contributed by atoms with E-state index in [1.54, 1.807) is 6.26 Å². The molecule has 2 aromatic heterocycles. The van der Waals surface area contributed by atoms with Crippen LogP contribution in [0.5, 0.6) is 0 Å². The third kappa shape index (κ3) is 3.50. The SMILES string of the molecule is CCNc1cc([N+](=O)[O-])cc(N(C)Cc2ccoc2C)n1. The van der Waals surface area contributed by atoms with Crippen LogP contribution in [0.25, 0.3) is 0 Å². The predicted molar refractivity (Wildman–Crippen MR) is 80.6 cm³/mol. The summed E-state index contributed by atoms with van der Waals surface area (Å²) in [5.41, 5.74) is 1.04. The maximum Gasteiger partial charge on any atom is 0.276 e. The number of rotatable bonds is 6. The Morgan fingerprint density at radius 2 is 2.24 bits per heavy atom. The molecule has 0 aliphatic rings. The highest BCUT2D eigenvalue weighted by atomic mass is 16.6. The smallest absolute Gasteiger partial charge is 0.276 e. The lowest BCUT2D eigenvalue weighted by Crippen LogP contribution is -2.18. The van der Waals surface area contributed by atoms with Crippen molar-refractivity contribution in [3.05, 3.63) is 45.9 Å². The molecule has 21 heavy (non-hydrogen) atoms. The van der Waals surface area contributed by atoms with Crippen LogP contribution in [0, 0.1) is 17.0 Å². The van der Waals surface area contributed by atoms with Crippen molar-refractivity contribution in [1.82, 2.24) is 4.98 Å². The topological polar surface area (TPSA) is 84.4 Å². The van der Waals surface area contributed by atoms with Crippen molar-refractivity contribution in [2.45, 2.75) is 20.4 Å². The van der Waals surface area contributed by atoms with E-state index in [2.05, 4.69) is 10.3 Å². The normalized spacial score (nSPS) is 10.4. The molecular formula is C14H18N4O3. The third-order valence-corrected chi connectivity index (χ3v) is 3.13. The predicted octanol–water partition coefficient (Wildman–Crippen LogP) is 2.96. The van der Waals surface area contributed by atoms with Crippen LogP contribution in [0.15, 0.2) is 28.9 Å². The van der Waals surface area contributed by atoms with Crippen molar-refractivity contribution < 1.29 is 9.34 Å². The summed E-state index contributed by atoms with van der Waals surface area (Å²) in [6.45, 7) is 5.02. The summed E-state index contributed by atoms with van der Waals surface area (Å²) in [6, 6.07) is 4.79. The van der Waals surface area contributed by atoms with E-state index in [-0.39, 0.29) is 5.69 Å². The first-order valence-electron chi connectivity index (χ1n) is 6.65. The lowest BCUT2D eigenvalue weighted by atomic mass is 10.2. The van der Waals surface area contributed by atoms with Crippen LogP contribution in [-0.2, 0) is 6.54 Å². The molecule has 0 aliphatic carbocycles. The molecular weight excluding hydrogens is 272 g/mol. The second-order valence-corrected chi connectivity index (χ2v) is 4.71. The highest BCUT2D eigenvalue weighted by Crippen LogP contribution is 2.24. The maximum atomic E-state index is 11.0. The van der Waals surface area contributed by atoms with Crippen LogP contribution in [0.2, 0.25) is 0 Å². The summed E-state index contributed by atoms with van der Waals surface area (Å²) >= 11 is 0. The number of nitrogens with one attached hydrogen (secondary N) is 1. The van der Waals surface area contributed by atoms with Crippen LogP contribution < -0.4 is 10.2 Å². The Labute approximate surface area is 122 Å². The van der Waals surface area contributed by atoms with Crippen molar-refractivity contribution in [3.8, 4) is 0 Å². The first kappa shape index (κ1) is 14.8. The molecule has 0 saturated carbocycles. The van der Waals surface area contributed by atoms with Gasteiger partial charge >= 0.3 is 0 Å². The molecule has 2 aromatic rings. The molecule has 0 spiro atoms. The number of pyridine rings is 1. The zero-order valence-corrected chi connectivity index (χ0v) is 12.3. The number of nitro groups is 1. The average molecular weight is 290 g/mol. The summed E-state index contributed by atoms with van der Waals surface area (Å²) in [5, 5.41) is 14.0. The molecule has 0 aromatic carbocycles. The second-order valence-electron chi connectivity index (χ2n) is 4.71. The fourth-order valence-corrected chi connectivity index (χ4v) is 1.99. The first-order valence-corrected chi connectivity index (χ1v) is 6.65. The highest BCUT2D eigenvalue weighted by Gasteiger charge is 2.15. The zero-order chi connectivity index (χ0) is 15.4. The minimum absolute atomic E-state index is 0.0201. The quantitative estimate of drug-likeness (QED) is 0.650. The summed E-state index contributed by atoms with van der Waals surface area (Å²) in [6.07, 6.45) is 1.63. The lowest BCUT2D eigenvalue weighted by molar-refractivity contribution is -0.384. The van der Waals surface area contributed by atoms with Gasteiger partial charge in [-0.3, -0.25) is 10.1 Å². The van der Waals surface area contributed by atoms with Crippen LogP contribution in [0.1, 0.15) is 18.2 Å². The Morgan fingerprint density at radius 1 is 1.48 bits per heavy atom. The van der Waals surface area contributed by atoms with Gasteiger partial charge in [-0.1, -0.05) is 0 Å². The van der Waals surface area contributed by atoms with Crippen LogP contribution in [-0.4, -0.2) is 23.5 Å².